The highest BCUT2D eigenvalue weighted by molar-refractivity contribution is 5.98. The molecule has 0 radical (unpaired) electrons. The summed E-state index contributed by atoms with van der Waals surface area (Å²) in [6, 6.07) is 7.27. The number of likely N-dealkylation sites (N-methyl/N-ethyl adjacent to an activating group) is 1. The van der Waals surface area contributed by atoms with Gasteiger partial charge in [0.25, 0.3) is 11.8 Å². The van der Waals surface area contributed by atoms with Crippen molar-refractivity contribution in [3.63, 3.8) is 0 Å². The number of amides is 2. The van der Waals surface area contributed by atoms with E-state index in [1.165, 1.54) is 0 Å². The summed E-state index contributed by atoms with van der Waals surface area (Å²) >= 11 is 0. The van der Waals surface area contributed by atoms with Gasteiger partial charge in [-0.25, -0.2) is 10.3 Å². The maximum absolute atomic E-state index is 13.6. The van der Waals surface area contributed by atoms with E-state index in [0.29, 0.717) is 23.5 Å². The lowest BCUT2D eigenvalue weighted by Crippen LogP contribution is -2.88. The fourth-order valence-corrected chi connectivity index (χ4v) is 6.64. The lowest BCUT2D eigenvalue weighted by atomic mass is 9.79. The van der Waals surface area contributed by atoms with Crippen molar-refractivity contribution in [3.05, 3.63) is 58.9 Å². The number of pyridine rings is 1. The van der Waals surface area contributed by atoms with Crippen LogP contribution in [0.25, 0.3) is 0 Å². The molecule has 8 N–H and O–H groups in total. The van der Waals surface area contributed by atoms with Crippen LogP contribution >= 0.6 is 0 Å². The minimum atomic E-state index is -1.19. The number of aliphatic imine (C=N–C) groups is 1. The van der Waals surface area contributed by atoms with E-state index in [4.69, 9.17) is 21.2 Å². The number of nitrogens with zero attached hydrogens (tertiary/aromatic N) is 4. The number of carbonyl (C=O) groups excluding carboxylic acids is 2. The van der Waals surface area contributed by atoms with Gasteiger partial charge in [-0.2, -0.15) is 0 Å². The molecule has 6 rings (SSSR count). The largest absolute Gasteiger partial charge is 0.492 e. The van der Waals surface area contributed by atoms with Crippen molar-refractivity contribution in [3.8, 4) is 5.75 Å². The quantitative estimate of drug-likeness (QED) is 0.229. The van der Waals surface area contributed by atoms with Crippen LogP contribution < -0.4 is 31.8 Å². The Hall–Kier alpha value is -4.39. The molecule has 1 saturated heterocycles. The van der Waals surface area contributed by atoms with Gasteiger partial charge in [0, 0.05) is 37.6 Å². The normalized spacial score (nSPS) is 28.7. The van der Waals surface area contributed by atoms with Crippen molar-refractivity contribution in [1.29, 1.82) is 0 Å². The summed E-state index contributed by atoms with van der Waals surface area (Å²) in [5.41, 5.74) is 14.0. The molecule has 13 nitrogen and oxygen atoms in total. The molecule has 222 valence electrons. The molecule has 1 fully saturated rings. The number of nitrogens with two attached hydrogens (primary N) is 2. The van der Waals surface area contributed by atoms with Gasteiger partial charge < -0.3 is 30.7 Å². The number of para-hydroxylation sites is 1. The number of benzene rings is 1. The molecule has 42 heavy (non-hydrogen) atoms. The number of guanidine groups is 2. The molecule has 1 unspecified atom stereocenters. The summed E-state index contributed by atoms with van der Waals surface area (Å²) in [4.78, 5) is 42.2. The second kappa shape index (κ2) is 9.86. The Labute approximate surface area is 244 Å². The fourth-order valence-electron chi connectivity index (χ4n) is 6.64. The molecule has 5 heterocycles. The van der Waals surface area contributed by atoms with Gasteiger partial charge in [0.2, 0.25) is 5.66 Å². The van der Waals surface area contributed by atoms with Crippen molar-refractivity contribution < 1.29 is 24.4 Å². The molecular weight excluding hydrogens is 538 g/mol. The summed E-state index contributed by atoms with van der Waals surface area (Å²) in [5, 5.41) is 18.0. The van der Waals surface area contributed by atoms with Crippen LogP contribution in [0.3, 0.4) is 0 Å². The fraction of sp³-hybridized carbons (Fsp3) is 0.483. The van der Waals surface area contributed by atoms with Crippen molar-refractivity contribution in [2.24, 2.45) is 16.5 Å². The number of rotatable bonds is 5. The molecule has 2 aromatic rings. The number of aromatic nitrogens is 1. The maximum Gasteiger partial charge on any atom is 0.343 e. The van der Waals surface area contributed by atoms with Gasteiger partial charge in [0.05, 0.1) is 23.8 Å². The molecule has 4 aliphatic rings. The standard InChI is InChI=1S/C29H37N9O4/c1-15-8-9-16(12-32-15)25(41)37(4)13-19-22-29(36-26(30)35-22)23(39)20(14-38(29)27(31)34-19)33-24(40)17-6-5-7-18-21(17)42-11-10-28(18,2)3/h5-9,12,19-20,22-23,39H,10-11,13-14H2,1-4H3,(H2,31,34)(H,33,40)(H3,30,35,36)/p+1/t19-,20?,22-,23+,29-/m0/s1. The number of aliphatic hydroxyl groups is 1. The van der Waals surface area contributed by atoms with Crippen LogP contribution in [0.4, 0.5) is 0 Å². The number of aryl methyl sites for hydroxylation is 1. The van der Waals surface area contributed by atoms with Crippen molar-refractivity contribution in [2.75, 3.05) is 26.7 Å². The van der Waals surface area contributed by atoms with Crippen LogP contribution in [-0.2, 0) is 5.41 Å². The van der Waals surface area contributed by atoms with E-state index in [9.17, 15) is 14.7 Å². The SMILES string of the molecule is Cc1ccc(C(=O)N(C)C[C@@H]2N=C(N)N3CC(NC(=O)c4cccc5c4OCCC5(C)C)[C@@H](O)[C@@]34NC(N)=[NH+][C@@H]24)cn1. The first kappa shape index (κ1) is 27.8. The van der Waals surface area contributed by atoms with Gasteiger partial charge >= 0.3 is 5.96 Å². The molecule has 1 spiro atoms. The second-order valence-electron chi connectivity index (χ2n) is 12.2. The number of hydrogen-bond donors (Lipinski definition) is 6. The van der Waals surface area contributed by atoms with Gasteiger partial charge in [-0.1, -0.05) is 26.0 Å². The Balaban J connectivity index is 1.24. The zero-order valence-corrected chi connectivity index (χ0v) is 24.2. The highest BCUT2D eigenvalue weighted by Crippen LogP contribution is 2.41. The Bertz CT molecular complexity index is 1490. The number of aliphatic hydroxyl groups excluding tert-OH is 1. The lowest BCUT2D eigenvalue weighted by Gasteiger charge is -2.44. The summed E-state index contributed by atoms with van der Waals surface area (Å²) in [7, 11) is 1.68. The topological polar surface area (TPSA) is 185 Å². The van der Waals surface area contributed by atoms with Crippen LogP contribution in [0.2, 0.25) is 0 Å². The van der Waals surface area contributed by atoms with E-state index in [1.807, 2.05) is 19.1 Å². The van der Waals surface area contributed by atoms with Crippen molar-refractivity contribution >= 4 is 23.7 Å². The first-order valence-corrected chi connectivity index (χ1v) is 14.1. The summed E-state index contributed by atoms with van der Waals surface area (Å²) < 4.78 is 5.95. The van der Waals surface area contributed by atoms with E-state index in [-0.39, 0.29) is 42.2 Å². The summed E-state index contributed by atoms with van der Waals surface area (Å²) in [5.74, 6) is 0.424. The Morgan fingerprint density at radius 3 is 2.81 bits per heavy atom. The minimum Gasteiger partial charge on any atom is -0.492 e. The summed E-state index contributed by atoms with van der Waals surface area (Å²) in [6.45, 7) is 7.03. The molecule has 4 aliphatic heterocycles. The first-order chi connectivity index (χ1) is 19.9. The van der Waals surface area contributed by atoms with E-state index in [2.05, 4.69) is 34.5 Å². The van der Waals surface area contributed by atoms with Gasteiger partial charge in [-0.3, -0.25) is 25.3 Å². The van der Waals surface area contributed by atoms with Crippen molar-refractivity contribution in [1.82, 2.24) is 25.4 Å². The van der Waals surface area contributed by atoms with E-state index in [0.717, 1.165) is 17.7 Å². The third-order valence-electron chi connectivity index (χ3n) is 8.98. The van der Waals surface area contributed by atoms with E-state index < -0.39 is 29.9 Å². The van der Waals surface area contributed by atoms with Crippen LogP contribution in [0.1, 0.15) is 52.2 Å². The molecule has 0 aliphatic carbocycles. The Morgan fingerprint density at radius 1 is 1.29 bits per heavy atom. The number of fused-ring (bicyclic) bond motifs is 1. The number of hydrogen-bond acceptors (Lipinski definition) is 10. The summed E-state index contributed by atoms with van der Waals surface area (Å²) in [6.07, 6.45) is 1.27. The third-order valence-corrected chi connectivity index (χ3v) is 8.98. The van der Waals surface area contributed by atoms with Crippen molar-refractivity contribution in [2.45, 2.75) is 62.5 Å². The van der Waals surface area contributed by atoms with Crippen LogP contribution in [-0.4, -0.2) is 100 Å². The number of nitrogens with one attached hydrogen (secondary N) is 3. The zero-order valence-electron chi connectivity index (χ0n) is 24.2. The van der Waals surface area contributed by atoms with Gasteiger partial charge in [0.15, 0.2) is 12.0 Å². The Kier molecular flexibility index (Phi) is 6.52. The zero-order chi connectivity index (χ0) is 30.0. The third kappa shape index (κ3) is 4.30. The molecule has 0 saturated carbocycles. The monoisotopic (exact) mass is 576 g/mol. The lowest BCUT2D eigenvalue weighted by molar-refractivity contribution is -0.514. The smallest absolute Gasteiger partial charge is 0.343 e. The minimum absolute atomic E-state index is 0.124. The maximum atomic E-state index is 13.6. The molecule has 1 aromatic carbocycles. The molecule has 2 amide bonds. The molecule has 13 heteroatoms. The van der Waals surface area contributed by atoms with Gasteiger partial charge in [-0.15, -0.1) is 0 Å². The number of carbonyl (C=O) groups is 2. The second-order valence-corrected chi connectivity index (χ2v) is 12.2. The predicted molar refractivity (Wildman–Crippen MR) is 155 cm³/mol. The highest BCUT2D eigenvalue weighted by atomic mass is 16.5. The van der Waals surface area contributed by atoms with Crippen LogP contribution in [0, 0.1) is 6.92 Å². The highest BCUT2D eigenvalue weighted by Gasteiger charge is 2.68. The molecule has 5 atom stereocenters. The average Bonchev–Trinajstić information content (AvgIpc) is 3.44. The van der Waals surface area contributed by atoms with Crippen LogP contribution in [0.5, 0.6) is 5.75 Å². The van der Waals surface area contributed by atoms with Crippen LogP contribution in [0.15, 0.2) is 41.5 Å². The Morgan fingerprint density at radius 2 is 2.07 bits per heavy atom. The average molecular weight is 577 g/mol. The predicted octanol–water partition coefficient (Wildman–Crippen LogP) is -2.24. The number of ether oxygens (including phenoxy) is 1. The molecule has 0 bridgehead atoms. The van der Waals surface area contributed by atoms with Gasteiger partial charge in [0.1, 0.15) is 17.9 Å². The van der Waals surface area contributed by atoms with Gasteiger partial charge in [-0.05, 0) is 37.0 Å². The molecular formula is C29H38N9O4+. The first-order valence-electron chi connectivity index (χ1n) is 14.1. The van der Waals surface area contributed by atoms with E-state index >= 15 is 0 Å². The van der Waals surface area contributed by atoms with E-state index in [1.54, 1.807) is 41.2 Å². The molecule has 1 aromatic heterocycles.